The Balaban J connectivity index is 1.25. The molecule has 5 heterocycles. The van der Waals surface area contributed by atoms with Crippen LogP contribution in [0.15, 0.2) is 54.6 Å². The summed E-state index contributed by atoms with van der Waals surface area (Å²) in [4.78, 5) is 18.0. The van der Waals surface area contributed by atoms with Crippen molar-refractivity contribution in [2.24, 2.45) is 0 Å². The van der Waals surface area contributed by atoms with Gasteiger partial charge in [-0.15, -0.1) is 0 Å². The number of ether oxygens (including phenoxy) is 1. The van der Waals surface area contributed by atoms with Crippen LogP contribution in [0, 0.1) is 0 Å². The normalized spacial score (nSPS) is 22.8. The fraction of sp³-hybridized carbons (Fsp3) is 0.448. The Morgan fingerprint density at radius 3 is 2.51 bits per heavy atom. The second kappa shape index (κ2) is 9.50. The average molecular weight is 498 g/mol. The lowest BCUT2D eigenvalue weighted by atomic mass is 10.0. The maximum absolute atomic E-state index is 5.37. The smallest absolute Gasteiger partial charge is 0.229 e. The zero-order chi connectivity index (χ0) is 24.8. The number of nitrogens with one attached hydrogen (secondary N) is 1. The van der Waals surface area contributed by atoms with E-state index in [1.54, 1.807) is 7.11 Å². The summed E-state index contributed by atoms with van der Waals surface area (Å²) in [5.41, 5.74) is 7.56. The van der Waals surface area contributed by atoms with Gasteiger partial charge in [-0.1, -0.05) is 42.5 Å². The summed E-state index contributed by atoms with van der Waals surface area (Å²) in [7, 11) is 1.71. The third-order valence-corrected chi connectivity index (χ3v) is 8.38. The molecule has 0 radical (unpaired) electrons. The Bertz CT molecular complexity index is 1250. The molecule has 2 unspecified atom stereocenters. The lowest BCUT2D eigenvalue weighted by Crippen LogP contribution is -2.50. The van der Waals surface area contributed by atoms with Gasteiger partial charge in [0.05, 0.1) is 25.3 Å². The van der Waals surface area contributed by atoms with Crippen LogP contribution in [-0.2, 0) is 13.1 Å². The van der Waals surface area contributed by atoms with Crippen LogP contribution in [-0.4, -0.2) is 60.7 Å². The van der Waals surface area contributed by atoms with Crippen LogP contribution < -0.4 is 25.0 Å². The predicted octanol–water partition coefficient (Wildman–Crippen LogP) is 3.75. The predicted molar refractivity (Wildman–Crippen MR) is 146 cm³/mol. The quantitative estimate of drug-likeness (QED) is 0.553. The Kier molecular flexibility index (Phi) is 5.86. The number of aromatic nitrogens is 2. The van der Waals surface area contributed by atoms with Crippen molar-refractivity contribution in [2.45, 2.75) is 44.4 Å². The third kappa shape index (κ3) is 4.28. The molecule has 7 rings (SSSR count). The number of rotatable bonds is 6. The van der Waals surface area contributed by atoms with Gasteiger partial charge in [0.1, 0.15) is 11.6 Å². The number of hydrogen-bond acceptors (Lipinski definition) is 8. The van der Waals surface area contributed by atoms with Crippen molar-refractivity contribution in [3.63, 3.8) is 0 Å². The van der Waals surface area contributed by atoms with Gasteiger partial charge in [0.25, 0.3) is 0 Å². The van der Waals surface area contributed by atoms with E-state index in [1.165, 1.54) is 36.1 Å². The fourth-order valence-electron chi connectivity index (χ4n) is 6.41. The Morgan fingerprint density at radius 1 is 0.865 bits per heavy atom. The van der Waals surface area contributed by atoms with Crippen LogP contribution in [0.1, 0.15) is 42.0 Å². The van der Waals surface area contributed by atoms with Crippen molar-refractivity contribution in [3.05, 3.63) is 71.3 Å². The van der Waals surface area contributed by atoms with Crippen LogP contribution in [0.25, 0.3) is 0 Å². The molecule has 2 saturated heterocycles. The second-order valence-electron chi connectivity index (χ2n) is 10.7. The third-order valence-electron chi connectivity index (χ3n) is 8.38. The first-order valence-electron chi connectivity index (χ1n) is 13.6. The Labute approximate surface area is 218 Å². The van der Waals surface area contributed by atoms with E-state index in [1.807, 2.05) is 12.1 Å². The minimum absolute atomic E-state index is 0.251. The SMILES string of the molecule is COc1ccc(CN2CCC3NN(Cc4ccccc4)c4nc(N5CCN6CCCC6C5)nc2c43)cc1. The largest absolute Gasteiger partial charge is 0.497 e. The molecule has 2 atom stereocenters. The van der Waals surface area contributed by atoms with E-state index < -0.39 is 0 Å². The summed E-state index contributed by atoms with van der Waals surface area (Å²) in [5, 5.41) is 2.26. The van der Waals surface area contributed by atoms with Gasteiger partial charge >= 0.3 is 0 Å². The van der Waals surface area contributed by atoms with Gasteiger partial charge in [0.2, 0.25) is 5.95 Å². The number of hydrogen-bond donors (Lipinski definition) is 1. The van der Waals surface area contributed by atoms with Gasteiger partial charge in [-0.25, -0.2) is 5.43 Å². The van der Waals surface area contributed by atoms with Gasteiger partial charge < -0.3 is 14.5 Å². The zero-order valence-electron chi connectivity index (χ0n) is 21.5. The molecule has 2 aromatic carbocycles. The van der Waals surface area contributed by atoms with Gasteiger partial charge in [-0.05, 0) is 49.1 Å². The standard InChI is InChI=1S/C29H35N7O/c1-37-24-11-9-22(10-12-24)18-34-15-13-25-26-27(34)30-29(35-17-16-33-14-5-8-23(33)20-35)31-28(26)36(32-25)19-21-6-3-2-4-7-21/h2-4,6-7,9-12,23,25,32H,5,8,13-20H2,1H3. The van der Waals surface area contributed by atoms with E-state index in [9.17, 15) is 0 Å². The summed E-state index contributed by atoms with van der Waals surface area (Å²) >= 11 is 0. The van der Waals surface area contributed by atoms with E-state index in [2.05, 4.69) is 67.6 Å². The second-order valence-corrected chi connectivity index (χ2v) is 10.7. The fourth-order valence-corrected chi connectivity index (χ4v) is 6.41. The number of nitrogens with zero attached hydrogens (tertiary/aromatic N) is 6. The summed E-state index contributed by atoms with van der Waals surface area (Å²) in [6.07, 6.45) is 3.62. The lowest BCUT2D eigenvalue weighted by Gasteiger charge is -2.38. The van der Waals surface area contributed by atoms with Gasteiger partial charge in [0, 0.05) is 38.8 Å². The molecular formula is C29H35N7O. The molecule has 4 aliphatic heterocycles. The highest BCUT2D eigenvalue weighted by molar-refractivity contribution is 5.69. The summed E-state index contributed by atoms with van der Waals surface area (Å²) in [6.45, 7) is 6.92. The van der Waals surface area contributed by atoms with Crippen LogP contribution in [0.4, 0.5) is 17.6 Å². The molecule has 1 N–H and O–H groups in total. The Morgan fingerprint density at radius 2 is 1.68 bits per heavy atom. The number of benzene rings is 2. The van der Waals surface area contributed by atoms with E-state index in [0.29, 0.717) is 6.04 Å². The summed E-state index contributed by atoms with van der Waals surface area (Å²) in [5.74, 6) is 3.90. The molecular weight excluding hydrogens is 462 g/mol. The van der Waals surface area contributed by atoms with E-state index in [0.717, 1.165) is 69.0 Å². The van der Waals surface area contributed by atoms with Crippen molar-refractivity contribution in [3.8, 4) is 5.75 Å². The maximum Gasteiger partial charge on any atom is 0.229 e. The number of methoxy groups -OCH3 is 1. The van der Waals surface area contributed by atoms with Crippen LogP contribution >= 0.6 is 0 Å². The first kappa shape index (κ1) is 22.8. The maximum atomic E-state index is 5.37. The van der Waals surface area contributed by atoms with Crippen molar-refractivity contribution >= 4 is 17.6 Å². The monoisotopic (exact) mass is 497 g/mol. The van der Waals surface area contributed by atoms with Crippen molar-refractivity contribution in [2.75, 3.05) is 54.6 Å². The van der Waals surface area contributed by atoms with Gasteiger partial charge in [0.15, 0.2) is 5.82 Å². The van der Waals surface area contributed by atoms with Crippen molar-refractivity contribution in [1.29, 1.82) is 0 Å². The minimum Gasteiger partial charge on any atom is -0.497 e. The molecule has 0 amide bonds. The lowest BCUT2D eigenvalue weighted by molar-refractivity contribution is 0.229. The molecule has 4 aliphatic rings. The van der Waals surface area contributed by atoms with Gasteiger partial charge in [-0.2, -0.15) is 9.97 Å². The molecule has 3 aromatic rings. The number of anilines is 3. The first-order chi connectivity index (χ1) is 18.2. The van der Waals surface area contributed by atoms with Crippen LogP contribution in [0.5, 0.6) is 5.75 Å². The number of hydrazine groups is 1. The summed E-state index contributed by atoms with van der Waals surface area (Å²) in [6, 6.07) is 19.9. The van der Waals surface area contributed by atoms with Crippen molar-refractivity contribution < 1.29 is 4.74 Å². The van der Waals surface area contributed by atoms with Crippen LogP contribution in [0.2, 0.25) is 0 Å². The molecule has 0 saturated carbocycles. The molecule has 2 fully saturated rings. The van der Waals surface area contributed by atoms with E-state index in [4.69, 9.17) is 14.7 Å². The highest BCUT2D eigenvalue weighted by atomic mass is 16.5. The molecule has 1 aromatic heterocycles. The average Bonchev–Trinajstić information content (AvgIpc) is 3.56. The molecule has 8 nitrogen and oxygen atoms in total. The molecule has 192 valence electrons. The molecule has 0 bridgehead atoms. The molecule has 37 heavy (non-hydrogen) atoms. The number of piperazine rings is 1. The van der Waals surface area contributed by atoms with Crippen molar-refractivity contribution in [1.82, 2.24) is 20.3 Å². The minimum atomic E-state index is 0.251. The van der Waals surface area contributed by atoms with Crippen LogP contribution in [0.3, 0.4) is 0 Å². The highest BCUT2D eigenvalue weighted by Gasteiger charge is 2.40. The number of fused-ring (bicyclic) bond motifs is 1. The topological polar surface area (TPSA) is 60.0 Å². The van der Waals surface area contributed by atoms with E-state index >= 15 is 0 Å². The first-order valence-corrected chi connectivity index (χ1v) is 13.6. The highest BCUT2D eigenvalue weighted by Crippen LogP contribution is 2.44. The van der Waals surface area contributed by atoms with Gasteiger partial charge in [-0.3, -0.25) is 9.91 Å². The molecule has 8 heteroatoms. The van der Waals surface area contributed by atoms with E-state index in [-0.39, 0.29) is 6.04 Å². The zero-order valence-corrected chi connectivity index (χ0v) is 21.5. The Hall–Kier alpha value is -3.36. The molecule has 0 aliphatic carbocycles. The summed E-state index contributed by atoms with van der Waals surface area (Å²) < 4.78 is 5.37. The molecule has 0 spiro atoms.